The number of aromatic nitrogens is 4. The molecule has 13 heteroatoms. The fourth-order valence-corrected chi connectivity index (χ4v) is 2.43. The standard InChI is InChI=1S/C18H16F3N5O5/c1-29-12-5-3-2-4-11(12)22-15(27)8-14-23-16(31-25-14)10-30-17(28)9-26-7-6-13(24-26)18(19,20)21/h2-7H,8-10H2,1H3,(H,22,27). The van der Waals surface area contributed by atoms with E-state index in [0.29, 0.717) is 11.4 Å². The predicted molar refractivity (Wildman–Crippen MR) is 96.7 cm³/mol. The van der Waals surface area contributed by atoms with Crippen LogP contribution in [-0.4, -0.2) is 38.9 Å². The number of hydrogen-bond acceptors (Lipinski definition) is 8. The zero-order chi connectivity index (χ0) is 22.4. The van der Waals surface area contributed by atoms with Gasteiger partial charge in [-0.15, -0.1) is 0 Å². The number of benzene rings is 1. The Labute approximate surface area is 172 Å². The number of esters is 1. The minimum Gasteiger partial charge on any atom is -0.495 e. The molecule has 1 N–H and O–H groups in total. The summed E-state index contributed by atoms with van der Waals surface area (Å²) in [6.45, 7) is -0.939. The van der Waals surface area contributed by atoms with E-state index in [2.05, 4.69) is 20.6 Å². The highest BCUT2D eigenvalue weighted by molar-refractivity contribution is 5.93. The molecule has 1 aromatic carbocycles. The molecule has 0 aliphatic heterocycles. The van der Waals surface area contributed by atoms with Gasteiger partial charge in [0.15, 0.2) is 18.1 Å². The van der Waals surface area contributed by atoms with Gasteiger partial charge in [0, 0.05) is 6.20 Å². The van der Waals surface area contributed by atoms with E-state index >= 15 is 0 Å². The summed E-state index contributed by atoms with van der Waals surface area (Å²) in [6, 6.07) is 7.57. The van der Waals surface area contributed by atoms with Crippen molar-refractivity contribution in [1.82, 2.24) is 19.9 Å². The molecule has 0 radical (unpaired) electrons. The molecule has 31 heavy (non-hydrogen) atoms. The lowest BCUT2D eigenvalue weighted by molar-refractivity contribution is -0.148. The van der Waals surface area contributed by atoms with E-state index in [1.807, 2.05) is 0 Å². The Morgan fingerprint density at radius 3 is 2.71 bits per heavy atom. The summed E-state index contributed by atoms with van der Waals surface area (Å²) in [6.07, 6.45) is -3.80. The summed E-state index contributed by atoms with van der Waals surface area (Å²) in [5, 5.41) is 9.52. The number of anilines is 1. The molecule has 0 fully saturated rings. The van der Waals surface area contributed by atoms with E-state index in [1.54, 1.807) is 24.3 Å². The van der Waals surface area contributed by atoms with Crippen LogP contribution in [0.5, 0.6) is 5.75 Å². The van der Waals surface area contributed by atoms with Gasteiger partial charge in [0.25, 0.3) is 5.89 Å². The van der Waals surface area contributed by atoms with Crippen molar-refractivity contribution in [3.05, 3.63) is 53.9 Å². The Morgan fingerprint density at radius 1 is 1.23 bits per heavy atom. The Balaban J connectivity index is 1.48. The Kier molecular flexibility index (Phi) is 6.52. The predicted octanol–water partition coefficient (Wildman–Crippen LogP) is 2.22. The molecule has 164 valence electrons. The fraction of sp³-hybridized carbons (Fsp3) is 0.278. The lowest BCUT2D eigenvalue weighted by Gasteiger charge is -2.08. The third-order valence-corrected chi connectivity index (χ3v) is 3.79. The molecule has 2 aromatic heterocycles. The van der Waals surface area contributed by atoms with E-state index in [1.165, 1.54) is 7.11 Å². The molecule has 2 heterocycles. The largest absolute Gasteiger partial charge is 0.495 e. The number of para-hydroxylation sites is 2. The van der Waals surface area contributed by atoms with Crippen LogP contribution in [0.2, 0.25) is 0 Å². The highest BCUT2D eigenvalue weighted by atomic mass is 19.4. The molecule has 0 unspecified atom stereocenters. The van der Waals surface area contributed by atoms with Gasteiger partial charge < -0.3 is 19.3 Å². The second-order valence-electron chi connectivity index (χ2n) is 6.09. The van der Waals surface area contributed by atoms with Gasteiger partial charge in [0.05, 0.1) is 19.2 Å². The fourth-order valence-electron chi connectivity index (χ4n) is 2.43. The number of hydrogen-bond donors (Lipinski definition) is 1. The number of nitrogens with one attached hydrogen (secondary N) is 1. The summed E-state index contributed by atoms with van der Waals surface area (Å²) >= 11 is 0. The van der Waals surface area contributed by atoms with Crippen molar-refractivity contribution in [3.63, 3.8) is 0 Å². The molecule has 1 amide bonds. The normalized spacial score (nSPS) is 11.2. The Hall–Kier alpha value is -3.90. The molecular formula is C18H16F3N5O5. The molecule has 10 nitrogen and oxygen atoms in total. The van der Waals surface area contributed by atoms with Gasteiger partial charge >= 0.3 is 12.1 Å². The summed E-state index contributed by atoms with van der Waals surface area (Å²) < 4.78 is 53.2. The van der Waals surface area contributed by atoms with E-state index in [9.17, 15) is 22.8 Å². The zero-order valence-electron chi connectivity index (χ0n) is 16.0. The first kappa shape index (κ1) is 21.8. The number of rotatable bonds is 8. The van der Waals surface area contributed by atoms with E-state index < -0.39 is 36.9 Å². The molecule has 0 saturated heterocycles. The second-order valence-corrected chi connectivity index (χ2v) is 6.09. The molecular weight excluding hydrogens is 423 g/mol. The van der Waals surface area contributed by atoms with Gasteiger partial charge in [0.2, 0.25) is 5.91 Å². The van der Waals surface area contributed by atoms with Gasteiger partial charge in [-0.05, 0) is 18.2 Å². The highest BCUT2D eigenvalue weighted by Gasteiger charge is 2.33. The van der Waals surface area contributed by atoms with Gasteiger partial charge in [0.1, 0.15) is 12.3 Å². The van der Waals surface area contributed by atoms with E-state index in [4.69, 9.17) is 14.0 Å². The third-order valence-electron chi connectivity index (χ3n) is 3.79. The Bertz CT molecular complexity index is 1060. The summed E-state index contributed by atoms with van der Waals surface area (Å²) in [5.41, 5.74) is -0.645. The third kappa shape index (κ3) is 6.04. The maximum Gasteiger partial charge on any atom is 0.435 e. The monoisotopic (exact) mass is 439 g/mol. The van der Waals surface area contributed by atoms with Crippen LogP contribution in [0.1, 0.15) is 17.4 Å². The first-order chi connectivity index (χ1) is 14.7. The molecule has 0 aliphatic carbocycles. The number of carbonyl (C=O) groups is 2. The number of alkyl halides is 3. The van der Waals surface area contributed by atoms with Crippen molar-refractivity contribution < 1.29 is 36.8 Å². The van der Waals surface area contributed by atoms with Crippen molar-refractivity contribution in [2.24, 2.45) is 0 Å². The quantitative estimate of drug-likeness (QED) is 0.531. The summed E-state index contributed by atoms with van der Waals surface area (Å²) in [5.74, 6) is -0.820. The van der Waals surface area contributed by atoms with Crippen molar-refractivity contribution in [2.75, 3.05) is 12.4 Å². The minimum atomic E-state index is -4.60. The van der Waals surface area contributed by atoms with Gasteiger partial charge in [-0.3, -0.25) is 14.3 Å². The van der Waals surface area contributed by atoms with Crippen LogP contribution in [0.4, 0.5) is 18.9 Å². The van der Waals surface area contributed by atoms with Crippen molar-refractivity contribution >= 4 is 17.6 Å². The number of methoxy groups -OCH3 is 1. The smallest absolute Gasteiger partial charge is 0.435 e. The second kappa shape index (κ2) is 9.28. The lowest BCUT2D eigenvalue weighted by atomic mass is 10.2. The van der Waals surface area contributed by atoms with Crippen molar-refractivity contribution in [2.45, 2.75) is 25.7 Å². The summed E-state index contributed by atoms with van der Waals surface area (Å²) in [4.78, 5) is 27.8. The molecule has 3 rings (SSSR count). The maximum absolute atomic E-state index is 12.5. The number of nitrogens with zero attached hydrogens (tertiary/aromatic N) is 4. The molecule has 0 aliphatic rings. The average Bonchev–Trinajstić information content (AvgIpc) is 3.36. The maximum atomic E-state index is 12.5. The number of carbonyl (C=O) groups excluding carboxylic acids is 2. The van der Waals surface area contributed by atoms with Crippen LogP contribution < -0.4 is 10.1 Å². The van der Waals surface area contributed by atoms with Crippen LogP contribution in [0.15, 0.2) is 41.1 Å². The van der Waals surface area contributed by atoms with Crippen LogP contribution in [0, 0.1) is 0 Å². The Morgan fingerprint density at radius 2 is 2.00 bits per heavy atom. The number of ether oxygens (including phenoxy) is 2. The highest BCUT2D eigenvalue weighted by Crippen LogP contribution is 2.27. The van der Waals surface area contributed by atoms with Crippen LogP contribution in [0.25, 0.3) is 0 Å². The minimum absolute atomic E-state index is 0.0559. The van der Waals surface area contributed by atoms with Crippen molar-refractivity contribution in [1.29, 1.82) is 0 Å². The van der Waals surface area contributed by atoms with Gasteiger partial charge in [-0.1, -0.05) is 17.3 Å². The molecule has 0 atom stereocenters. The van der Waals surface area contributed by atoms with E-state index in [-0.39, 0.29) is 18.1 Å². The summed E-state index contributed by atoms with van der Waals surface area (Å²) in [7, 11) is 1.47. The van der Waals surface area contributed by atoms with E-state index in [0.717, 1.165) is 16.9 Å². The topological polar surface area (TPSA) is 121 Å². The van der Waals surface area contributed by atoms with Gasteiger partial charge in [-0.2, -0.15) is 23.3 Å². The average molecular weight is 439 g/mol. The van der Waals surface area contributed by atoms with Crippen LogP contribution in [0.3, 0.4) is 0 Å². The number of halogens is 3. The lowest BCUT2D eigenvalue weighted by Crippen LogP contribution is -2.16. The van der Waals surface area contributed by atoms with Crippen molar-refractivity contribution in [3.8, 4) is 5.75 Å². The molecule has 0 saturated carbocycles. The number of amides is 1. The first-order valence-electron chi connectivity index (χ1n) is 8.75. The molecule has 3 aromatic rings. The SMILES string of the molecule is COc1ccccc1NC(=O)Cc1noc(COC(=O)Cn2ccc(C(F)(F)F)n2)n1. The molecule has 0 bridgehead atoms. The van der Waals surface area contributed by atoms with Crippen LogP contribution in [-0.2, 0) is 40.1 Å². The first-order valence-corrected chi connectivity index (χ1v) is 8.75. The van der Waals surface area contributed by atoms with Crippen LogP contribution >= 0.6 is 0 Å². The molecule has 0 spiro atoms. The zero-order valence-corrected chi connectivity index (χ0v) is 16.0. The van der Waals surface area contributed by atoms with Gasteiger partial charge in [-0.25, -0.2) is 0 Å².